The predicted octanol–water partition coefficient (Wildman–Crippen LogP) is 7.03. The van der Waals surface area contributed by atoms with E-state index in [1.807, 2.05) is 18.2 Å². The smallest absolute Gasteiger partial charge is 0.151 e. The van der Waals surface area contributed by atoms with Gasteiger partial charge in [-0.2, -0.15) is 0 Å². The number of rotatable bonds is 6. The number of thiazole rings is 1. The van der Waals surface area contributed by atoms with Gasteiger partial charge < -0.3 is 0 Å². The first-order valence-electron chi connectivity index (χ1n) is 8.57. The zero-order valence-electron chi connectivity index (χ0n) is 14.2. The molecule has 0 spiro atoms. The van der Waals surface area contributed by atoms with Crippen molar-refractivity contribution in [1.82, 2.24) is 4.98 Å². The maximum absolute atomic E-state index is 6.06. The van der Waals surface area contributed by atoms with Gasteiger partial charge in [0.05, 0.1) is 10.2 Å². The molecule has 1 heterocycles. The molecule has 0 N–H and O–H groups in total. The van der Waals surface area contributed by atoms with E-state index >= 15 is 0 Å². The first-order chi connectivity index (χ1) is 12.8. The second-order valence-corrected chi connectivity index (χ2v) is 8.82. The number of benzene rings is 3. The lowest BCUT2D eigenvalue weighted by Gasteiger charge is -2.08. The van der Waals surface area contributed by atoms with Crippen molar-refractivity contribution >= 4 is 44.9 Å². The molecule has 0 fully saturated rings. The van der Waals surface area contributed by atoms with E-state index in [2.05, 4.69) is 54.6 Å². The van der Waals surface area contributed by atoms with Gasteiger partial charge in [0.2, 0.25) is 0 Å². The average Bonchev–Trinajstić information content (AvgIpc) is 3.08. The third-order valence-corrected chi connectivity index (χ3v) is 6.79. The highest BCUT2D eigenvalue weighted by Gasteiger charge is 2.08. The molecule has 0 aliphatic carbocycles. The summed E-state index contributed by atoms with van der Waals surface area (Å²) in [6, 6.07) is 25.3. The van der Waals surface area contributed by atoms with Gasteiger partial charge in [0, 0.05) is 10.8 Å². The summed E-state index contributed by atoms with van der Waals surface area (Å²) in [6.07, 6.45) is 2.14. The molecule has 130 valence electrons. The lowest BCUT2D eigenvalue weighted by atomic mass is 10.0. The van der Waals surface area contributed by atoms with E-state index < -0.39 is 0 Å². The molecule has 0 radical (unpaired) electrons. The van der Waals surface area contributed by atoms with E-state index in [1.165, 1.54) is 21.4 Å². The Balaban J connectivity index is 1.45. The van der Waals surface area contributed by atoms with E-state index in [-0.39, 0.29) is 0 Å². The molecule has 0 unspecified atom stereocenters. The van der Waals surface area contributed by atoms with Gasteiger partial charge in [0.1, 0.15) is 0 Å². The fourth-order valence-electron chi connectivity index (χ4n) is 2.95. The van der Waals surface area contributed by atoms with E-state index in [9.17, 15) is 0 Å². The minimum Gasteiger partial charge on any atom is -0.230 e. The highest BCUT2D eigenvalue weighted by atomic mass is 35.5. The number of aryl methyl sites for hydroxylation is 2. The van der Waals surface area contributed by atoms with Crippen LogP contribution in [0.25, 0.3) is 10.2 Å². The molecule has 1 nitrogen and oxygen atoms in total. The number of aromatic nitrogens is 1. The average molecular weight is 396 g/mol. The van der Waals surface area contributed by atoms with Gasteiger partial charge in [0.15, 0.2) is 4.34 Å². The van der Waals surface area contributed by atoms with Crippen molar-refractivity contribution in [2.24, 2.45) is 0 Å². The number of nitrogens with zero attached hydrogens (tertiary/aromatic N) is 1. The molecule has 0 aliphatic rings. The Hall–Kier alpha value is -1.81. The summed E-state index contributed by atoms with van der Waals surface area (Å²) >= 11 is 9.60. The lowest BCUT2D eigenvalue weighted by molar-refractivity contribution is 0.947. The van der Waals surface area contributed by atoms with Crippen LogP contribution >= 0.6 is 34.7 Å². The molecule has 26 heavy (non-hydrogen) atoms. The third-order valence-electron chi connectivity index (χ3n) is 4.33. The molecule has 4 rings (SSSR count). The Morgan fingerprint density at radius 1 is 0.846 bits per heavy atom. The molecule has 0 atom stereocenters. The third kappa shape index (κ3) is 4.29. The van der Waals surface area contributed by atoms with Crippen LogP contribution in [-0.4, -0.2) is 4.98 Å². The second kappa shape index (κ2) is 8.26. The molecule has 1 aromatic heterocycles. The van der Waals surface area contributed by atoms with Gasteiger partial charge in [-0.1, -0.05) is 78.0 Å². The van der Waals surface area contributed by atoms with Crippen LogP contribution in [0.1, 0.15) is 16.7 Å². The van der Waals surface area contributed by atoms with E-state index in [0.29, 0.717) is 0 Å². The fourth-order valence-corrected chi connectivity index (χ4v) is 5.20. The summed E-state index contributed by atoms with van der Waals surface area (Å²) in [6.45, 7) is 0. The maximum atomic E-state index is 6.06. The molecule has 3 aromatic carbocycles. The Bertz CT molecular complexity index is 1010. The lowest BCUT2D eigenvalue weighted by Crippen LogP contribution is -1.96. The van der Waals surface area contributed by atoms with E-state index in [0.717, 1.165) is 33.5 Å². The Morgan fingerprint density at radius 2 is 1.62 bits per heavy atom. The van der Waals surface area contributed by atoms with Crippen LogP contribution in [0.5, 0.6) is 0 Å². The Kier molecular flexibility index (Phi) is 5.59. The van der Waals surface area contributed by atoms with E-state index in [4.69, 9.17) is 16.6 Å². The van der Waals surface area contributed by atoms with Gasteiger partial charge in [-0.05, 0) is 47.7 Å². The van der Waals surface area contributed by atoms with Crippen molar-refractivity contribution < 1.29 is 0 Å². The molecule has 4 heteroatoms. The molecule has 0 aliphatic heterocycles. The van der Waals surface area contributed by atoms with Crippen LogP contribution in [0.15, 0.2) is 77.1 Å². The number of hydrogen-bond donors (Lipinski definition) is 0. The van der Waals surface area contributed by atoms with Gasteiger partial charge in [-0.25, -0.2) is 4.98 Å². The summed E-state index contributed by atoms with van der Waals surface area (Å²) in [4.78, 5) is 4.71. The molecule has 0 amide bonds. The number of halogens is 1. The van der Waals surface area contributed by atoms with Gasteiger partial charge in [-0.3, -0.25) is 0 Å². The van der Waals surface area contributed by atoms with Crippen LogP contribution in [0.4, 0.5) is 0 Å². The molecule has 0 saturated heterocycles. The standard InChI is InChI=1S/C22H18ClNS2/c23-19-12-13-21-20(14-19)24-22(26-21)25-15-18-9-5-4-8-17(18)11-10-16-6-2-1-3-7-16/h1-9,12-14H,10-11,15H2. The molecule has 4 aromatic rings. The predicted molar refractivity (Wildman–Crippen MR) is 114 cm³/mol. The van der Waals surface area contributed by atoms with E-state index in [1.54, 1.807) is 23.1 Å². The molecule has 0 saturated carbocycles. The normalized spacial score (nSPS) is 11.1. The zero-order chi connectivity index (χ0) is 17.8. The SMILES string of the molecule is Clc1ccc2sc(SCc3ccccc3CCc3ccccc3)nc2c1. The highest BCUT2D eigenvalue weighted by molar-refractivity contribution is 8.00. The van der Waals surface area contributed by atoms with Gasteiger partial charge >= 0.3 is 0 Å². The first-order valence-corrected chi connectivity index (χ1v) is 10.8. The minimum atomic E-state index is 0.741. The van der Waals surface area contributed by atoms with Crippen molar-refractivity contribution in [1.29, 1.82) is 0 Å². The van der Waals surface area contributed by atoms with Crippen molar-refractivity contribution in [2.45, 2.75) is 22.9 Å². The van der Waals surface area contributed by atoms with Crippen LogP contribution in [-0.2, 0) is 18.6 Å². The number of fused-ring (bicyclic) bond motifs is 1. The highest BCUT2D eigenvalue weighted by Crippen LogP contribution is 2.33. The second-order valence-electron chi connectivity index (χ2n) is 6.13. The molecular weight excluding hydrogens is 378 g/mol. The van der Waals surface area contributed by atoms with Crippen LogP contribution < -0.4 is 0 Å². The summed E-state index contributed by atoms with van der Waals surface area (Å²) in [5.41, 5.74) is 5.19. The van der Waals surface area contributed by atoms with Crippen molar-refractivity contribution in [3.63, 3.8) is 0 Å². The summed E-state index contributed by atoms with van der Waals surface area (Å²) < 4.78 is 2.29. The minimum absolute atomic E-state index is 0.741. The quantitative estimate of drug-likeness (QED) is 0.325. The first kappa shape index (κ1) is 17.6. The van der Waals surface area contributed by atoms with Crippen molar-refractivity contribution in [3.8, 4) is 0 Å². The largest absolute Gasteiger partial charge is 0.230 e. The zero-order valence-corrected chi connectivity index (χ0v) is 16.6. The van der Waals surface area contributed by atoms with Crippen molar-refractivity contribution in [3.05, 3.63) is 94.5 Å². The number of thioether (sulfide) groups is 1. The van der Waals surface area contributed by atoms with Crippen LogP contribution in [0.3, 0.4) is 0 Å². The molecule has 0 bridgehead atoms. The Morgan fingerprint density at radius 3 is 2.46 bits per heavy atom. The fraction of sp³-hybridized carbons (Fsp3) is 0.136. The summed E-state index contributed by atoms with van der Waals surface area (Å²) in [5, 5.41) is 0.741. The van der Waals surface area contributed by atoms with Gasteiger partial charge in [-0.15, -0.1) is 11.3 Å². The topological polar surface area (TPSA) is 12.9 Å². The summed E-state index contributed by atoms with van der Waals surface area (Å²) in [7, 11) is 0. The van der Waals surface area contributed by atoms with Gasteiger partial charge in [0.25, 0.3) is 0 Å². The van der Waals surface area contributed by atoms with Crippen molar-refractivity contribution in [2.75, 3.05) is 0 Å². The monoisotopic (exact) mass is 395 g/mol. The van der Waals surface area contributed by atoms with Crippen LogP contribution in [0.2, 0.25) is 5.02 Å². The Labute approximate surface area is 167 Å². The van der Waals surface area contributed by atoms with Crippen LogP contribution in [0, 0.1) is 0 Å². The summed E-state index contributed by atoms with van der Waals surface area (Å²) in [5.74, 6) is 0.943. The maximum Gasteiger partial charge on any atom is 0.151 e. The molecular formula is C22H18ClNS2. The number of hydrogen-bond acceptors (Lipinski definition) is 3.